The van der Waals surface area contributed by atoms with Gasteiger partial charge in [-0.05, 0) is 108 Å². The Morgan fingerprint density at radius 3 is 2.58 bits per heavy atom. The van der Waals surface area contributed by atoms with Gasteiger partial charge in [-0.3, -0.25) is 19.2 Å². The number of aliphatic carboxylic acids is 1. The van der Waals surface area contributed by atoms with Crippen molar-refractivity contribution in [1.82, 2.24) is 15.4 Å². The number of fused-ring (bicyclic) bond motifs is 5. The number of ether oxygens (including phenoxy) is 2. The fraction of sp³-hybridized carbons (Fsp3) is 0.600. The van der Waals surface area contributed by atoms with Gasteiger partial charge in [0.05, 0.1) is 13.0 Å². The third-order valence-corrected chi connectivity index (χ3v) is 14.7. The molecule has 2 saturated heterocycles. The molecule has 0 spiro atoms. The Labute approximate surface area is 312 Å². The highest BCUT2D eigenvalue weighted by atomic mass is 32.2. The zero-order valence-electron chi connectivity index (χ0n) is 30.6. The number of β-lactam (4-membered cyclic amide) rings is 1. The van der Waals surface area contributed by atoms with E-state index in [0.29, 0.717) is 53.4 Å². The normalized spacial score (nSPS) is 32.6. The van der Waals surface area contributed by atoms with Crippen LogP contribution < -0.4 is 10.1 Å². The number of nitrogens with zero attached hydrogens (tertiary/aromatic N) is 2. The van der Waals surface area contributed by atoms with Gasteiger partial charge in [0, 0.05) is 28.6 Å². The summed E-state index contributed by atoms with van der Waals surface area (Å²) < 4.78 is 16.7. The summed E-state index contributed by atoms with van der Waals surface area (Å²) in [7, 11) is 0. The van der Waals surface area contributed by atoms with E-state index in [0.717, 1.165) is 44.9 Å². The van der Waals surface area contributed by atoms with E-state index in [-0.39, 0.29) is 41.8 Å². The third-order valence-electron chi connectivity index (χ3n) is 13.1. The predicted molar refractivity (Wildman–Crippen MR) is 194 cm³/mol. The van der Waals surface area contributed by atoms with Crippen LogP contribution in [0.15, 0.2) is 39.9 Å². The second-order valence-electron chi connectivity index (χ2n) is 16.5. The van der Waals surface area contributed by atoms with Gasteiger partial charge in [0.2, 0.25) is 5.91 Å². The Morgan fingerprint density at radius 1 is 1.06 bits per heavy atom. The van der Waals surface area contributed by atoms with Gasteiger partial charge in [0.1, 0.15) is 52.1 Å². The lowest BCUT2D eigenvalue weighted by Gasteiger charge is -2.51. The summed E-state index contributed by atoms with van der Waals surface area (Å²) >= 11 is 1.36. The fourth-order valence-corrected chi connectivity index (χ4v) is 12.2. The predicted octanol–water partition coefficient (Wildman–Crippen LogP) is 5.86. The van der Waals surface area contributed by atoms with Crippen molar-refractivity contribution in [3.05, 3.63) is 46.7 Å². The second-order valence-corrected chi connectivity index (χ2v) is 18.3. The van der Waals surface area contributed by atoms with E-state index >= 15 is 0 Å². The zero-order chi connectivity index (χ0) is 37.4. The van der Waals surface area contributed by atoms with Gasteiger partial charge in [0.15, 0.2) is 0 Å². The van der Waals surface area contributed by atoms with Crippen molar-refractivity contribution in [2.45, 2.75) is 120 Å². The molecule has 4 fully saturated rings. The molecular weight excluding hydrogens is 699 g/mol. The summed E-state index contributed by atoms with van der Waals surface area (Å²) in [5.74, 6) is 0.680. The van der Waals surface area contributed by atoms with Crippen molar-refractivity contribution >= 4 is 41.3 Å². The summed E-state index contributed by atoms with van der Waals surface area (Å²) in [4.78, 5) is 64.8. The van der Waals surface area contributed by atoms with Crippen LogP contribution in [0.1, 0.15) is 101 Å². The number of nitrogens with one attached hydrogen (secondary N) is 1. The highest BCUT2D eigenvalue weighted by Crippen LogP contribution is 2.61. The largest absolute Gasteiger partial charge is 0.493 e. The minimum Gasteiger partial charge on any atom is -0.493 e. The summed E-state index contributed by atoms with van der Waals surface area (Å²) in [6.07, 6.45) is 8.66. The quantitative estimate of drug-likeness (QED) is 0.179. The van der Waals surface area contributed by atoms with Crippen LogP contribution in [-0.2, 0) is 23.9 Å². The highest BCUT2D eigenvalue weighted by Gasteiger charge is 2.64. The highest BCUT2D eigenvalue weighted by molar-refractivity contribution is 8.01. The molecule has 8 atom stereocenters. The zero-order valence-corrected chi connectivity index (χ0v) is 31.5. The Bertz CT molecular complexity index is 1900. The Hall–Kier alpha value is -4.13. The number of Topliss-reactive ketones (excluding diaryl/α,β-unsaturated/α-hetero) is 1. The number of carboxylic acids is 1. The van der Waals surface area contributed by atoms with Crippen molar-refractivity contribution < 1.29 is 43.1 Å². The standard InChI is InChI=1S/C40H47N3O9S/c1-20-31(35(46)41-33-36(47)43-34(38(48)49)39(2,3)53-37(33)43)32(42-52-20)21-5-9-24(10-6-21)50-18-16-30(45)51-29-14-13-28-27-11-7-22-19-23(44)8-12-25(22)26(27)15-17-40(28,29)4/h5-6,9-10,26-29,33-34,37H,7-8,11-19H2,1-4H3,(H,41,46)(H,48,49). The minimum atomic E-state index is -1.07. The number of ketones is 1. The fourth-order valence-electron chi connectivity index (χ4n) is 10.6. The number of hydrogen-bond acceptors (Lipinski definition) is 10. The molecule has 2 aliphatic heterocycles. The molecule has 6 aliphatic rings. The maximum absolute atomic E-state index is 13.5. The van der Waals surface area contributed by atoms with Crippen molar-refractivity contribution in [3.63, 3.8) is 0 Å². The number of carbonyl (C=O) groups excluding carboxylic acids is 4. The lowest BCUT2D eigenvalue weighted by molar-refractivity contribution is -0.159. The molecule has 2 aromatic rings. The van der Waals surface area contributed by atoms with Gasteiger partial charge in [-0.1, -0.05) is 23.2 Å². The van der Waals surface area contributed by atoms with E-state index in [4.69, 9.17) is 14.0 Å². The Morgan fingerprint density at radius 2 is 1.83 bits per heavy atom. The number of rotatable bonds is 9. The Kier molecular flexibility index (Phi) is 9.01. The molecule has 8 unspecified atom stereocenters. The molecule has 4 aliphatic carbocycles. The van der Waals surface area contributed by atoms with Gasteiger partial charge < -0.3 is 29.3 Å². The number of aromatic nitrogens is 1. The van der Waals surface area contributed by atoms with E-state index in [9.17, 15) is 29.1 Å². The average molecular weight is 746 g/mol. The van der Waals surface area contributed by atoms with Crippen LogP contribution in [0.4, 0.5) is 0 Å². The summed E-state index contributed by atoms with van der Waals surface area (Å²) in [6, 6.07) is 5.13. The number of amides is 2. The molecule has 2 N–H and O–H groups in total. The molecule has 0 radical (unpaired) electrons. The molecule has 12 nitrogen and oxygen atoms in total. The number of allylic oxidation sites excluding steroid dienone is 2. The van der Waals surface area contributed by atoms with Crippen LogP contribution >= 0.6 is 11.8 Å². The van der Waals surface area contributed by atoms with Crippen LogP contribution in [0.5, 0.6) is 5.75 Å². The smallest absolute Gasteiger partial charge is 0.327 e. The molecule has 2 saturated carbocycles. The molecular formula is C40H47N3O9S. The molecule has 13 heteroatoms. The first-order chi connectivity index (χ1) is 25.3. The number of esters is 1. The van der Waals surface area contributed by atoms with Gasteiger partial charge in [-0.25, -0.2) is 4.79 Å². The van der Waals surface area contributed by atoms with E-state index in [1.807, 2.05) is 0 Å². The first-order valence-electron chi connectivity index (χ1n) is 18.9. The summed E-state index contributed by atoms with van der Waals surface area (Å²) in [5.41, 5.74) is 4.09. The molecule has 1 aromatic heterocycles. The molecule has 0 bridgehead atoms. The summed E-state index contributed by atoms with van der Waals surface area (Å²) in [6.45, 7) is 7.66. The number of thioether (sulfide) groups is 1. The second kappa shape index (κ2) is 13.3. The van der Waals surface area contributed by atoms with Gasteiger partial charge in [-0.2, -0.15) is 0 Å². The molecule has 53 heavy (non-hydrogen) atoms. The molecule has 3 heterocycles. The van der Waals surface area contributed by atoms with Crippen LogP contribution in [-0.4, -0.2) is 79.6 Å². The third kappa shape index (κ3) is 6.06. The van der Waals surface area contributed by atoms with Crippen LogP contribution in [0, 0.1) is 30.1 Å². The lowest BCUT2D eigenvalue weighted by Crippen LogP contribution is -2.70. The SMILES string of the molecule is Cc1onc(-c2ccc(OCCC(=O)OC3CCC4C5CCC6=C(CCC(=O)C6)C5CCC34C)cc2)c1C(=O)NC1C(=O)N2C1SC(C)(C)C2C(=O)O. The lowest BCUT2D eigenvalue weighted by atomic mass is 9.54. The molecule has 8 rings (SSSR count). The van der Waals surface area contributed by atoms with Crippen molar-refractivity contribution in [1.29, 1.82) is 0 Å². The van der Waals surface area contributed by atoms with Crippen LogP contribution in [0.25, 0.3) is 11.3 Å². The molecule has 2 amide bonds. The number of benzene rings is 1. The van der Waals surface area contributed by atoms with Crippen molar-refractivity contribution in [2.24, 2.45) is 23.2 Å². The summed E-state index contributed by atoms with van der Waals surface area (Å²) in [5, 5.41) is 16.1. The number of carbonyl (C=O) groups is 5. The maximum atomic E-state index is 13.5. The maximum Gasteiger partial charge on any atom is 0.327 e. The van der Waals surface area contributed by atoms with Crippen LogP contribution in [0.3, 0.4) is 0 Å². The first kappa shape index (κ1) is 35.9. The average Bonchev–Trinajstić information content (AvgIpc) is 3.75. The van der Waals surface area contributed by atoms with E-state index in [1.54, 1.807) is 50.6 Å². The van der Waals surface area contributed by atoms with Gasteiger partial charge >= 0.3 is 11.9 Å². The van der Waals surface area contributed by atoms with Gasteiger partial charge in [0.25, 0.3) is 5.91 Å². The first-order valence-corrected chi connectivity index (χ1v) is 19.8. The number of hydrogen-bond donors (Lipinski definition) is 2. The van der Waals surface area contributed by atoms with Crippen molar-refractivity contribution in [2.75, 3.05) is 6.61 Å². The van der Waals surface area contributed by atoms with E-state index < -0.39 is 40.0 Å². The topological polar surface area (TPSA) is 165 Å². The number of carboxylic acid groups (broad SMARTS) is 1. The number of aryl methyl sites for hydroxylation is 1. The van der Waals surface area contributed by atoms with E-state index in [2.05, 4.69) is 17.4 Å². The van der Waals surface area contributed by atoms with Crippen LogP contribution in [0.2, 0.25) is 0 Å². The van der Waals surface area contributed by atoms with Gasteiger partial charge in [-0.15, -0.1) is 11.8 Å². The monoisotopic (exact) mass is 745 g/mol. The van der Waals surface area contributed by atoms with E-state index in [1.165, 1.54) is 22.2 Å². The Balaban J connectivity index is 0.839. The molecule has 282 valence electrons. The van der Waals surface area contributed by atoms with Crippen molar-refractivity contribution in [3.8, 4) is 17.0 Å². The minimum absolute atomic E-state index is 0.0190. The molecule has 1 aromatic carbocycles.